The Kier molecular flexibility index (Phi) is 7.04. The number of benzene rings is 1. The number of aromatic nitrogens is 1. The molecule has 1 fully saturated rings. The molecule has 148 valence electrons. The first-order chi connectivity index (χ1) is 13.6. The first-order valence-electron chi connectivity index (χ1n) is 10.0. The van der Waals surface area contributed by atoms with E-state index in [0.29, 0.717) is 12.0 Å². The van der Waals surface area contributed by atoms with Gasteiger partial charge in [0.15, 0.2) is 0 Å². The molecule has 1 aromatic carbocycles. The molecule has 0 radical (unpaired) electrons. The Balaban J connectivity index is 1.77. The van der Waals surface area contributed by atoms with Gasteiger partial charge in [-0.15, -0.1) is 11.3 Å². The topological polar surface area (TPSA) is 54.5 Å². The molecule has 2 aromatic rings. The molecule has 0 amide bonds. The maximum Gasteiger partial charge on any atom is 0.127 e. The molecule has 0 unspecified atom stereocenters. The molecule has 1 heterocycles. The lowest BCUT2D eigenvalue weighted by molar-refractivity contribution is 0.267. The number of para-hydroxylation sites is 1. The van der Waals surface area contributed by atoms with E-state index < -0.39 is 0 Å². The van der Waals surface area contributed by atoms with Crippen molar-refractivity contribution in [2.24, 2.45) is 16.6 Å². The van der Waals surface area contributed by atoms with Crippen LogP contribution in [0.15, 0.2) is 53.5 Å². The van der Waals surface area contributed by atoms with Crippen molar-refractivity contribution in [3.63, 3.8) is 0 Å². The number of nitrogens with two attached hydrogens (primary N) is 1. The lowest BCUT2D eigenvalue weighted by Crippen LogP contribution is -2.34. The van der Waals surface area contributed by atoms with Gasteiger partial charge < -0.3 is 10.6 Å². The molecule has 4 nitrogen and oxygen atoms in total. The zero-order valence-electron chi connectivity index (χ0n) is 16.8. The molecule has 1 aliphatic carbocycles. The zero-order chi connectivity index (χ0) is 19.9. The van der Waals surface area contributed by atoms with Crippen molar-refractivity contribution < 1.29 is 0 Å². The van der Waals surface area contributed by atoms with Gasteiger partial charge in [0.1, 0.15) is 5.01 Å². The Bertz CT molecular complexity index is 829. The Labute approximate surface area is 172 Å². The van der Waals surface area contributed by atoms with Crippen LogP contribution in [0.2, 0.25) is 0 Å². The molecule has 3 rings (SSSR count). The van der Waals surface area contributed by atoms with Gasteiger partial charge in [0.25, 0.3) is 0 Å². The predicted octanol–water partition coefficient (Wildman–Crippen LogP) is 5.72. The van der Waals surface area contributed by atoms with E-state index in [1.807, 2.05) is 30.3 Å². The Morgan fingerprint density at radius 3 is 2.68 bits per heavy atom. The van der Waals surface area contributed by atoms with Crippen LogP contribution in [0.5, 0.6) is 0 Å². The Morgan fingerprint density at radius 1 is 1.32 bits per heavy atom. The number of allylic oxidation sites excluding steroid dienone is 1. The summed E-state index contributed by atoms with van der Waals surface area (Å²) in [6, 6.07) is 10.4. The van der Waals surface area contributed by atoms with Crippen molar-refractivity contribution in [2.75, 3.05) is 6.54 Å². The van der Waals surface area contributed by atoms with Crippen LogP contribution in [0, 0.1) is 5.92 Å². The first-order valence-corrected chi connectivity index (χ1v) is 10.9. The van der Waals surface area contributed by atoms with Crippen LogP contribution in [0.4, 0.5) is 5.69 Å². The van der Waals surface area contributed by atoms with Gasteiger partial charge >= 0.3 is 0 Å². The van der Waals surface area contributed by atoms with Gasteiger partial charge in [0, 0.05) is 36.0 Å². The lowest BCUT2D eigenvalue weighted by Gasteiger charge is -2.33. The first kappa shape index (κ1) is 20.3. The highest BCUT2D eigenvalue weighted by Gasteiger charge is 2.25. The minimum absolute atomic E-state index is 0.587. The second kappa shape index (κ2) is 9.69. The quantitative estimate of drug-likeness (QED) is 0.583. The summed E-state index contributed by atoms with van der Waals surface area (Å²) in [7, 11) is 0. The van der Waals surface area contributed by atoms with Crippen molar-refractivity contribution >= 4 is 34.5 Å². The zero-order valence-corrected chi connectivity index (χ0v) is 17.7. The minimum Gasteiger partial charge on any atom is -0.404 e. The molecule has 1 saturated carbocycles. The van der Waals surface area contributed by atoms with Crippen LogP contribution >= 0.6 is 11.3 Å². The minimum atomic E-state index is 0.587. The van der Waals surface area contributed by atoms with Crippen molar-refractivity contribution in [3.05, 3.63) is 59.2 Å². The number of aliphatic imine (C=N–C) groups is 1. The predicted molar refractivity (Wildman–Crippen MR) is 122 cm³/mol. The molecule has 28 heavy (non-hydrogen) atoms. The molecule has 0 bridgehead atoms. The normalized spacial score (nSPS) is 15.6. The number of thiazole rings is 1. The maximum atomic E-state index is 5.86. The third-order valence-corrected chi connectivity index (χ3v) is 5.90. The monoisotopic (exact) mass is 394 g/mol. The summed E-state index contributed by atoms with van der Waals surface area (Å²) in [5, 5.41) is 2.95. The van der Waals surface area contributed by atoms with Crippen LogP contribution in [0.25, 0.3) is 11.3 Å². The lowest BCUT2D eigenvalue weighted by atomic mass is 10.1. The SMILES string of the molecule is C=C(c1csc(C(C=Nc2ccccc2)=CN)n1)N(CC(C)C)C1CCCC1. The summed E-state index contributed by atoms with van der Waals surface area (Å²) in [4.78, 5) is 11.8. The van der Waals surface area contributed by atoms with Gasteiger partial charge in [-0.2, -0.15) is 0 Å². The highest BCUT2D eigenvalue weighted by atomic mass is 32.1. The van der Waals surface area contributed by atoms with E-state index in [4.69, 9.17) is 10.7 Å². The largest absolute Gasteiger partial charge is 0.404 e. The molecule has 1 aliphatic rings. The summed E-state index contributed by atoms with van der Waals surface area (Å²) < 4.78 is 0. The fourth-order valence-corrected chi connectivity index (χ4v) is 4.42. The molecular weight excluding hydrogens is 364 g/mol. The van der Waals surface area contributed by atoms with E-state index in [1.165, 1.54) is 25.7 Å². The van der Waals surface area contributed by atoms with E-state index in [2.05, 4.69) is 35.7 Å². The van der Waals surface area contributed by atoms with Crippen LogP contribution in [0.3, 0.4) is 0 Å². The summed E-state index contributed by atoms with van der Waals surface area (Å²) in [6.07, 6.45) is 8.47. The molecule has 0 spiro atoms. The summed E-state index contributed by atoms with van der Waals surface area (Å²) in [5.41, 5.74) is 9.55. The van der Waals surface area contributed by atoms with Crippen LogP contribution in [0.1, 0.15) is 50.2 Å². The van der Waals surface area contributed by atoms with Gasteiger partial charge in [-0.1, -0.05) is 51.5 Å². The van der Waals surface area contributed by atoms with Crippen LogP contribution < -0.4 is 5.73 Å². The second-order valence-corrected chi connectivity index (χ2v) is 8.54. The molecular formula is C23H30N4S. The van der Waals surface area contributed by atoms with E-state index >= 15 is 0 Å². The highest BCUT2D eigenvalue weighted by molar-refractivity contribution is 7.11. The smallest absolute Gasteiger partial charge is 0.127 e. The summed E-state index contributed by atoms with van der Waals surface area (Å²) >= 11 is 1.59. The average Bonchev–Trinajstić information content (AvgIpc) is 3.39. The van der Waals surface area contributed by atoms with E-state index in [9.17, 15) is 0 Å². The Morgan fingerprint density at radius 2 is 2.04 bits per heavy atom. The third-order valence-electron chi connectivity index (χ3n) is 5.01. The summed E-state index contributed by atoms with van der Waals surface area (Å²) in [5.74, 6) is 0.591. The average molecular weight is 395 g/mol. The van der Waals surface area contributed by atoms with Crippen molar-refractivity contribution in [3.8, 4) is 0 Å². The second-order valence-electron chi connectivity index (χ2n) is 7.68. The van der Waals surface area contributed by atoms with Gasteiger partial charge in [0.05, 0.1) is 17.1 Å². The Hall–Kier alpha value is -2.40. The van der Waals surface area contributed by atoms with Crippen molar-refractivity contribution in [1.29, 1.82) is 0 Å². The standard InChI is InChI=1S/C23H30N4S/c1-17(2)15-27(21-11-7-8-12-21)18(3)22-16-28-23(26-22)19(13-24)14-25-20-9-5-4-6-10-20/h4-6,9-10,13-14,16-17,21H,3,7-8,11-12,15,24H2,1-2H3. The van der Waals surface area contributed by atoms with Gasteiger partial charge in [-0.25, -0.2) is 4.98 Å². The van der Waals surface area contributed by atoms with Crippen molar-refractivity contribution in [2.45, 2.75) is 45.6 Å². The van der Waals surface area contributed by atoms with E-state index in [1.54, 1.807) is 23.8 Å². The number of rotatable bonds is 8. The molecule has 0 saturated heterocycles. The van der Waals surface area contributed by atoms with Gasteiger partial charge in [0.2, 0.25) is 0 Å². The van der Waals surface area contributed by atoms with Crippen LogP contribution in [-0.2, 0) is 0 Å². The van der Waals surface area contributed by atoms with Gasteiger partial charge in [-0.3, -0.25) is 4.99 Å². The fraction of sp³-hybridized carbons (Fsp3) is 0.391. The highest BCUT2D eigenvalue weighted by Crippen LogP contribution is 2.31. The molecule has 0 atom stereocenters. The molecule has 1 aromatic heterocycles. The van der Waals surface area contributed by atoms with Crippen molar-refractivity contribution in [1.82, 2.24) is 9.88 Å². The molecule has 2 N–H and O–H groups in total. The fourth-order valence-electron chi connectivity index (χ4n) is 3.60. The number of hydrogen-bond donors (Lipinski definition) is 1. The molecule has 5 heteroatoms. The van der Waals surface area contributed by atoms with Crippen LogP contribution in [-0.4, -0.2) is 28.7 Å². The summed E-state index contributed by atoms with van der Waals surface area (Å²) in [6.45, 7) is 9.94. The third kappa shape index (κ3) is 5.10. The van der Waals surface area contributed by atoms with Gasteiger partial charge in [-0.05, 0) is 30.9 Å². The maximum absolute atomic E-state index is 5.86. The molecule has 0 aliphatic heterocycles. The number of hydrogen-bond acceptors (Lipinski definition) is 5. The van der Waals surface area contributed by atoms with E-state index in [0.717, 1.165) is 34.2 Å². The number of nitrogens with zero attached hydrogens (tertiary/aromatic N) is 3. The van der Waals surface area contributed by atoms with E-state index in [-0.39, 0.29) is 0 Å².